The van der Waals surface area contributed by atoms with Crippen molar-refractivity contribution in [1.82, 2.24) is 13.6 Å². The lowest BCUT2D eigenvalue weighted by Crippen LogP contribution is -2.50. The van der Waals surface area contributed by atoms with Crippen LogP contribution in [0.2, 0.25) is 0 Å². The SMILES string of the molecule is O=S(=O)(CCC[C@@H]1CCCN1S(=O)(=O)c1ccc2ccccc2c1)N1[C@@H]2CC[C@@H]1CC(Oc1ccncc1)C2. The molecule has 8 nitrogen and oxygen atoms in total. The number of rotatable bonds is 9. The van der Waals surface area contributed by atoms with Crippen molar-refractivity contribution in [3.63, 3.8) is 0 Å². The van der Waals surface area contributed by atoms with Gasteiger partial charge in [-0.2, -0.15) is 8.61 Å². The van der Waals surface area contributed by atoms with E-state index in [1.165, 1.54) is 0 Å². The third-order valence-corrected chi connectivity index (χ3v) is 12.5. The van der Waals surface area contributed by atoms with Crippen LogP contribution in [0.5, 0.6) is 5.75 Å². The predicted molar refractivity (Wildman–Crippen MR) is 150 cm³/mol. The smallest absolute Gasteiger partial charge is 0.243 e. The molecule has 3 atom stereocenters. The van der Waals surface area contributed by atoms with Gasteiger partial charge in [0.05, 0.1) is 10.6 Å². The van der Waals surface area contributed by atoms with Crippen molar-refractivity contribution in [1.29, 1.82) is 0 Å². The highest BCUT2D eigenvalue weighted by atomic mass is 32.2. The molecule has 0 amide bonds. The molecule has 4 heterocycles. The van der Waals surface area contributed by atoms with E-state index in [9.17, 15) is 16.8 Å². The summed E-state index contributed by atoms with van der Waals surface area (Å²) in [6.07, 6.45) is 9.05. The number of hydrogen-bond acceptors (Lipinski definition) is 6. The molecule has 1 aromatic heterocycles. The van der Waals surface area contributed by atoms with E-state index in [4.69, 9.17) is 4.74 Å². The summed E-state index contributed by atoms with van der Waals surface area (Å²) in [5, 5.41) is 1.89. The number of ether oxygens (including phenoxy) is 1. The highest BCUT2D eigenvalue weighted by Crippen LogP contribution is 2.40. The highest BCUT2D eigenvalue weighted by Gasteiger charge is 2.47. The molecule has 3 fully saturated rings. The van der Waals surface area contributed by atoms with Gasteiger partial charge in [-0.05, 0) is 73.6 Å². The van der Waals surface area contributed by atoms with Crippen molar-refractivity contribution < 1.29 is 21.6 Å². The van der Waals surface area contributed by atoms with E-state index in [1.807, 2.05) is 42.5 Å². The van der Waals surface area contributed by atoms with Crippen LogP contribution in [-0.4, -0.2) is 67.0 Å². The van der Waals surface area contributed by atoms with E-state index >= 15 is 0 Å². The second-order valence-corrected chi connectivity index (χ2v) is 14.9. The summed E-state index contributed by atoms with van der Waals surface area (Å²) in [6.45, 7) is 0.474. The maximum atomic E-state index is 13.5. The van der Waals surface area contributed by atoms with Gasteiger partial charge in [-0.15, -0.1) is 0 Å². The molecule has 0 radical (unpaired) electrons. The zero-order valence-corrected chi connectivity index (χ0v) is 23.6. The third-order valence-electron chi connectivity index (χ3n) is 8.49. The van der Waals surface area contributed by atoms with Gasteiger partial charge in [-0.3, -0.25) is 4.98 Å². The van der Waals surface area contributed by atoms with Crippen LogP contribution >= 0.6 is 0 Å². The van der Waals surface area contributed by atoms with Crippen LogP contribution in [0, 0.1) is 0 Å². The van der Waals surface area contributed by atoms with Gasteiger partial charge in [0.1, 0.15) is 11.9 Å². The number of sulfonamides is 2. The van der Waals surface area contributed by atoms with Gasteiger partial charge in [0.2, 0.25) is 20.0 Å². The zero-order chi connectivity index (χ0) is 27.0. The molecule has 3 aliphatic heterocycles. The number of fused-ring (bicyclic) bond motifs is 3. The van der Waals surface area contributed by atoms with Crippen molar-refractivity contribution in [3.05, 3.63) is 67.0 Å². The monoisotopic (exact) mass is 569 g/mol. The predicted octanol–water partition coefficient (Wildman–Crippen LogP) is 4.57. The summed E-state index contributed by atoms with van der Waals surface area (Å²) in [7, 11) is -7.09. The number of aromatic nitrogens is 1. The fourth-order valence-electron chi connectivity index (χ4n) is 6.73. The average Bonchev–Trinajstić information content (AvgIpc) is 3.52. The molecule has 6 rings (SSSR count). The number of benzene rings is 2. The van der Waals surface area contributed by atoms with Crippen molar-refractivity contribution in [3.8, 4) is 5.75 Å². The normalized spacial score (nSPS) is 26.3. The Labute approximate surface area is 231 Å². The standard InChI is InChI=1S/C29H35N3O5S2/c33-38(34,32-25-10-11-26(32)21-28(20-25)37-27-13-15-30-16-14-27)18-4-8-24-7-3-17-31(24)39(35,36)29-12-9-22-5-1-2-6-23(22)19-29/h1-2,5-6,9,12-16,19,24-26,28H,3-4,7-8,10-11,17-18,20-21H2/t24-,25+,26+/m0/s1. The van der Waals surface area contributed by atoms with Crippen LogP contribution < -0.4 is 4.74 Å². The quantitative estimate of drug-likeness (QED) is 0.375. The Morgan fingerprint density at radius 1 is 0.872 bits per heavy atom. The Morgan fingerprint density at radius 3 is 2.33 bits per heavy atom. The molecule has 3 aliphatic rings. The fraction of sp³-hybridized carbons (Fsp3) is 0.483. The molecule has 208 valence electrons. The van der Waals surface area contributed by atoms with Crippen molar-refractivity contribution in [2.45, 2.75) is 80.5 Å². The molecule has 0 unspecified atom stereocenters. The molecular formula is C29H35N3O5S2. The number of hydrogen-bond donors (Lipinski definition) is 0. The number of piperidine rings is 1. The summed E-state index contributed by atoms with van der Waals surface area (Å²) in [4.78, 5) is 4.32. The lowest BCUT2D eigenvalue weighted by atomic mass is 10.0. The van der Waals surface area contributed by atoms with Gasteiger partial charge in [0.25, 0.3) is 0 Å². The molecule has 2 aromatic carbocycles. The Bertz CT molecular complexity index is 1520. The van der Waals surface area contributed by atoms with E-state index in [0.717, 1.165) is 42.2 Å². The molecule has 2 bridgehead atoms. The maximum Gasteiger partial charge on any atom is 0.243 e. The highest BCUT2D eigenvalue weighted by molar-refractivity contribution is 7.89. The minimum Gasteiger partial charge on any atom is -0.490 e. The summed E-state index contributed by atoms with van der Waals surface area (Å²) >= 11 is 0. The third kappa shape index (κ3) is 5.44. The van der Waals surface area contributed by atoms with Gasteiger partial charge in [-0.25, -0.2) is 16.8 Å². The van der Waals surface area contributed by atoms with E-state index in [-0.39, 0.29) is 30.0 Å². The average molecular weight is 570 g/mol. The lowest BCUT2D eigenvalue weighted by molar-refractivity contribution is 0.0956. The minimum atomic E-state index is -3.65. The van der Waals surface area contributed by atoms with E-state index < -0.39 is 20.0 Å². The molecule has 3 saturated heterocycles. The van der Waals surface area contributed by atoms with Crippen LogP contribution in [0.4, 0.5) is 0 Å². The summed E-state index contributed by atoms with van der Waals surface area (Å²) in [5.74, 6) is 0.821. The largest absolute Gasteiger partial charge is 0.490 e. The van der Waals surface area contributed by atoms with E-state index in [1.54, 1.807) is 33.1 Å². The Morgan fingerprint density at radius 2 is 1.59 bits per heavy atom. The molecule has 0 saturated carbocycles. The first-order valence-corrected chi connectivity index (χ1v) is 16.9. The van der Waals surface area contributed by atoms with Crippen LogP contribution in [-0.2, 0) is 20.0 Å². The second-order valence-electron chi connectivity index (χ2n) is 11.0. The fourth-order valence-corrected chi connectivity index (χ4v) is 10.5. The van der Waals surface area contributed by atoms with Crippen LogP contribution in [0.25, 0.3) is 10.8 Å². The lowest BCUT2D eigenvalue weighted by Gasteiger charge is -2.38. The van der Waals surface area contributed by atoms with E-state index in [2.05, 4.69) is 4.98 Å². The molecule has 0 N–H and O–H groups in total. The second kappa shape index (κ2) is 10.8. The Hall–Kier alpha value is -2.53. The van der Waals surface area contributed by atoms with Gasteiger partial charge in [0, 0.05) is 49.9 Å². The first-order valence-electron chi connectivity index (χ1n) is 13.9. The van der Waals surface area contributed by atoms with Crippen molar-refractivity contribution in [2.75, 3.05) is 12.3 Å². The summed E-state index contributed by atoms with van der Waals surface area (Å²) < 4.78 is 63.4. The minimum absolute atomic E-state index is 0.00344. The van der Waals surface area contributed by atoms with Gasteiger partial charge in [-0.1, -0.05) is 30.3 Å². The molecule has 39 heavy (non-hydrogen) atoms. The number of nitrogens with zero attached hydrogens (tertiary/aromatic N) is 3. The van der Waals surface area contributed by atoms with Crippen LogP contribution in [0.3, 0.4) is 0 Å². The Balaban J connectivity index is 1.07. The maximum absolute atomic E-state index is 13.5. The van der Waals surface area contributed by atoms with E-state index in [0.29, 0.717) is 37.1 Å². The first kappa shape index (κ1) is 26.7. The topological polar surface area (TPSA) is 96.9 Å². The van der Waals surface area contributed by atoms with Gasteiger partial charge in [0.15, 0.2) is 0 Å². The van der Waals surface area contributed by atoms with Crippen molar-refractivity contribution >= 4 is 30.8 Å². The molecular weight excluding hydrogens is 534 g/mol. The van der Waals surface area contributed by atoms with Crippen molar-refractivity contribution in [2.24, 2.45) is 0 Å². The molecule has 0 spiro atoms. The Kier molecular flexibility index (Phi) is 7.39. The first-order chi connectivity index (χ1) is 18.8. The van der Waals surface area contributed by atoms with Crippen LogP contribution in [0.15, 0.2) is 71.9 Å². The summed E-state index contributed by atoms with van der Waals surface area (Å²) in [6, 6.07) is 16.4. The van der Waals surface area contributed by atoms with Gasteiger partial charge < -0.3 is 4.74 Å². The van der Waals surface area contributed by atoms with Crippen LogP contribution in [0.1, 0.15) is 51.4 Å². The molecule has 10 heteroatoms. The molecule has 0 aliphatic carbocycles. The number of pyridine rings is 1. The summed E-state index contributed by atoms with van der Waals surface area (Å²) in [5.41, 5.74) is 0. The zero-order valence-electron chi connectivity index (χ0n) is 21.9. The molecule has 3 aromatic rings. The van der Waals surface area contributed by atoms with Gasteiger partial charge >= 0.3 is 0 Å².